The van der Waals surface area contributed by atoms with E-state index in [-0.39, 0.29) is 30.0 Å². The first-order chi connectivity index (χ1) is 11.3. The predicted octanol–water partition coefficient (Wildman–Crippen LogP) is 3.68. The van der Waals surface area contributed by atoms with Gasteiger partial charge in [0.25, 0.3) is 0 Å². The molecule has 0 aromatic heterocycles. The zero-order valence-corrected chi connectivity index (χ0v) is 16.1. The van der Waals surface area contributed by atoms with Crippen LogP contribution in [0.1, 0.15) is 79.1 Å². The molecule has 2 aliphatic rings. The van der Waals surface area contributed by atoms with Crippen LogP contribution in [0.2, 0.25) is 0 Å². The molecule has 2 aliphatic heterocycles. The van der Waals surface area contributed by atoms with Crippen molar-refractivity contribution in [2.45, 2.75) is 102 Å². The topological polar surface area (TPSA) is 58.9 Å². The average molecular weight is 343 g/mol. The van der Waals surface area contributed by atoms with E-state index in [0.29, 0.717) is 24.9 Å². The largest absolute Gasteiger partial charge is 0.396 e. The zero-order valence-electron chi connectivity index (χ0n) is 16.1. The van der Waals surface area contributed by atoms with Crippen molar-refractivity contribution in [2.24, 2.45) is 11.8 Å². The van der Waals surface area contributed by atoms with Gasteiger partial charge in [-0.15, -0.1) is 0 Å². The Kier molecular flexibility index (Phi) is 7.12. The smallest absolute Gasteiger partial charge is 0.0943 e. The first-order valence-electron chi connectivity index (χ1n) is 9.91. The standard InChI is InChI=1S/C20H38O4/c1-15(2)7-8-17(22)16(3)6-5-10-19(4)18-9-11-20(24-18,12-13-21)14-23-19/h15-18,21-22H,5-14H2,1-4H3/t16?,17?,18-,19+,20-/m1/s1. The normalized spacial score (nSPS) is 35.4. The average Bonchev–Trinajstić information content (AvgIpc) is 2.91. The summed E-state index contributed by atoms with van der Waals surface area (Å²) in [5.41, 5.74) is -0.447. The molecule has 2 rings (SSSR count). The monoisotopic (exact) mass is 342 g/mol. The minimum Gasteiger partial charge on any atom is -0.396 e. The van der Waals surface area contributed by atoms with Crippen LogP contribution >= 0.6 is 0 Å². The molecule has 0 spiro atoms. The van der Waals surface area contributed by atoms with E-state index in [1.165, 1.54) is 0 Å². The van der Waals surface area contributed by atoms with E-state index in [9.17, 15) is 10.2 Å². The second-order valence-electron chi connectivity index (χ2n) is 8.81. The lowest BCUT2D eigenvalue weighted by Crippen LogP contribution is -2.52. The fraction of sp³-hybridized carbons (Fsp3) is 1.00. The Labute approximate surface area is 147 Å². The van der Waals surface area contributed by atoms with Crippen LogP contribution in [0.3, 0.4) is 0 Å². The highest BCUT2D eigenvalue weighted by molar-refractivity contribution is 5.01. The molecule has 0 aliphatic carbocycles. The summed E-state index contributed by atoms with van der Waals surface area (Å²) in [4.78, 5) is 0. The number of fused-ring (bicyclic) bond motifs is 2. The summed E-state index contributed by atoms with van der Waals surface area (Å²) in [5, 5.41) is 19.5. The van der Waals surface area contributed by atoms with Gasteiger partial charge in [-0.2, -0.15) is 0 Å². The zero-order chi connectivity index (χ0) is 17.8. The van der Waals surface area contributed by atoms with Gasteiger partial charge < -0.3 is 19.7 Å². The molecule has 2 fully saturated rings. The number of aliphatic hydroxyl groups excluding tert-OH is 2. The van der Waals surface area contributed by atoms with Crippen molar-refractivity contribution >= 4 is 0 Å². The summed E-state index contributed by atoms with van der Waals surface area (Å²) in [6.45, 7) is 9.51. The van der Waals surface area contributed by atoms with Crippen LogP contribution in [0, 0.1) is 11.8 Å². The van der Waals surface area contributed by atoms with E-state index in [2.05, 4.69) is 27.7 Å². The fourth-order valence-corrected chi connectivity index (χ4v) is 4.19. The molecule has 0 aromatic rings. The molecule has 142 valence electrons. The first kappa shape index (κ1) is 20.2. The third-order valence-corrected chi connectivity index (χ3v) is 6.20. The number of hydrogen-bond acceptors (Lipinski definition) is 4. The van der Waals surface area contributed by atoms with Crippen LogP contribution in [0.4, 0.5) is 0 Å². The van der Waals surface area contributed by atoms with Gasteiger partial charge in [-0.05, 0) is 57.3 Å². The van der Waals surface area contributed by atoms with Crippen LogP contribution in [0.5, 0.6) is 0 Å². The van der Waals surface area contributed by atoms with Crippen molar-refractivity contribution < 1.29 is 19.7 Å². The Bertz CT molecular complexity index is 386. The van der Waals surface area contributed by atoms with E-state index in [1.54, 1.807) is 0 Å². The summed E-state index contributed by atoms with van der Waals surface area (Å²) in [6.07, 6.45) is 7.74. The van der Waals surface area contributed by atoms with Gasteiger partial charge in [0, 0.05) is 13.0 Å². The van der Waals surface area contributed by atoms with Gasteiger partial charge in [-0.1, -0.05) is 27.2 Å². The molecular weight excluding hydrogens is 304 g/mol. The minimum atomic E-state index is -0.237. The molecule has 4 heteroatoms. The van der Waals surface area contributed by atoms with Gasteiger partial charge in [0.15, 0.2) is 0 Å². The van der Waals surface area contributed by atoms with Crippen molar-refractivity contribution in [3.8, 4) is 0 Å². The van der Waals surface area contributed by atoms with Gasteiger partial charge in [0.1, 0.15) is 0 Å². The van der Waals surface area contributed by atoms with Gasteiger partial charge in [-0.25, -0.2) is 0 Å². The lowest BCUT2D eigenvalue weighted by Gasteiger charge is -2.44. The van der Waals surface area contributed by atoms with Crippen LogP contribution in [0.25, 0.3) is 0 Å². The quantitative estimate of drug-likeness (QED) is 0.636. The molecule has 2 N–H and O–H groups in total. The maximum atomic E-state index is 10.3. The molecule has 0 radical (unpaired) electrons. The Balaban J connectivity index is 1.74. The minimum absolute atomic E-state index is 0.152. The summed E-state index contributed by atoms with van der Waals surface area (Å²) in [6, 6.07) is 0. The fourth-order valence-electron chi connectivity index (χ4n) is 4.19. The molecular formula is C20H38O4. The molecule has 4 nitrogen and oxygen atoms in total. The van der Waals surface area contributed by atoms with E-state index in [4.69, 9.17) is 9.47 Å². The third kappa shape index (κ3) is 4.94. The Morgan fingerprint density at radius 3 is 2.54 bits per heavy atom. The van der Waals surface area contributed by atoms with Gasteiger partial charge in [0.2, 0.25) is 0 Å². The van der Waals surface area contributed by atoms with Crippen molar-refractivity contribution in [2.75, 3.05) is 13.2 Å². The summed E-state index contributed by atoms with van der Waals surface area (Å²) in [7, 11) is 0. The van der Waals surface area contributed by atoms with E-state index < -0.39 is 0 Å². The highest BCUT2D eigenvalue weighted by atomic mass is 16.6. The maximum Gasteiger partial charge on any atom is 0.0943 e. The Hall–Kier alpha value is -0.160. The van der Waals surface area contributed by atoms with Crippen LogP contribution in [0.15, 0.2) is 0 Å². The Morgan fingerprint density at radius 1 is 1.12 bits per heavy atom. The predicted molar refractivity (Wildman–Crippen MR) is 96.0 cm³/mol. The summed E-state index contributed by atoms with van der Waals surface area (Å²) < 4.78 is 12.5. The van der Waals surface area contributed by atoms with Gasteiger partial charge in [-0.3, -0.25) is 0 Å². The first-order valence-corrected chi connectivity index (χ1v) is 9.91. The second kappa shape index (κ2) is 8.48. The van der Waals surface area contributed by atoms with Gasteiger partial charge >= 0.3 is 0 Å². The third-order valence-electron chi connectivity index (χ3n) is 6.20. The van der Waals surface area contributed by atoms with Crippen molar-refractivity contribution in [3.05, 3.63) is 0 Å². The molecule has 2 saturated heterocycles. The van der Waals surface area contributed by atoms with E-state index >= 15 is 0 Å². The maximum absolute atomic E-state index is 10.3. The van der Waals surface area contributed by atoms with Crippen molar-refractivity contribution in [1.82, 2.24) is 0 Å². The molecule has 0 saturated carbocycles. The van der Waals surface area contributed by atoms with E-state index in [0.717, 1.165) is 44.9 Å². The van der Waals surface area contributed by atoms with Crippen molar-refractivity contribution in [1.29, 1.82) is 0 Å². The van der Waals surface area contributed by atoms with Crippen LogP contribution < -0.4 is 0 Å². The highest BCUT2D eigenvalue weighted by Crippen LogP contribution is 2.46. The Morgan fingerprint density at radius 2 is 1.88 bits per heavy atom. The van der Waals surface area contributed by atoms with Gasteiger partial charge in [0.05, 0.1) is 30.0 Å². The highest BCUT2D eigenvalue weighted by Gasteiger charge is 2.53. The number of ether oxygens (including phenoxy) is 2. The lowest BCUT2D eigenvalue weighted by atomic mass is 9.87. The number of aliphatic hydroxyl groups is 2. The molecule has 2 unspecified atom stereocenters. The molecule has 5 atom stereocenters. The lowest BCUT2D eigenvalue weighted by molar-refractivity contribution is -0.243. The number of hydrogen-bond donors (Lipinski definition) is 2. The second-order valence-corrected chi connectivity index (χ2v) is 8.81. The summed E-state index contributed by atoms with van der Waals surface area (Å²) >= 11 is 0. The molecule has 0 aromatic carbocycles. The molecule has 2 bridgehead atoms. The van der Waals surface area contributed by atoms with Crippen LogP contribution in [-0.4, -0.2) is 46.8 Å². The van der Waals surface area contributed by atoms with E-state index in [1.807, 2.05) is 0 Å². The molecule has 24 heavy (non-hydrogen) atoms. The molecule has 0 amide bonds. The summed E-state index contributed by atoms with van der Waals surface area (Å²) in [5.74, 6) is 0.994. The SMILES string of the molecule is CC(C)CCC(O)C(C)CCC[C@]1(C)OC[C@]2(CCO)CC[C@H]1O2. The number of rotatable bonds is 10. The van der Waals surface area contributed by atoms with Crippen molar-refractivity contribution in [3.63, 3.8) is 0 Å². The van der Waals surface area contributed by atoms with Crippen LogP contribution in [-0.2, 0) is 9.47 Å². The molecule has 2 heterocycles.